The summed E-state index contributed by atoms with van der Waals surface area (Å²) in [6.07, 6.45) is 2.87. The van der Waals surface area contributed by atoms with Crippen molar-refractivity contribution < 1.29 is 9.15 Å². The number of hydrogen-bond acceptors (Lipinski definition) is 3. The number of nitrogens with one attached hydrogen (secondary N) is 1. The fourth-order valence-corrected chi connectivity index (χ4v) is 1.78. The SMILES string of the molecule is Brc1cc(CNC2CCOC2)co1. The smallest absolute Gasteiger partial charge is 0.169 e. The van der Waals surface area contributed by atoms with Crippen LogP contribution in [0, 0.1) is 0 Å². The zero-order valence-corrected chi connectivity index (χ0v) is 8.84. The summed E-state index contributed by atoms with van der Waals surface area (Å²) in [5.41, 5.74) is 1.17. The van der Waals surface area contributed by atoms with Gasteiger partial charge in [0.15, 0.2) is 4.67 Å². The minimum absolute atomic E-state index is 0.508. The number of ether oxygens (including phenoxy) is 1. The van der Waals surface area contributed by atoms with E-state index in [0.29, 0.717) is 6.04 Å². The van der Waals surface area contributed by atoms with Gasteiger partial charge in [-0.25, -0.2) is 0 Å². The molecular formula is C9H12BrNO2. The maximum Gasteiger partial charge on any atom is 0.169 e. The van der Waals surface area contributed by atoms with Crippen LogP contribution in [0.25, 0.3) is 0 Å². The maximum absolute atomic E-state index is 5.26. The molecule has 1 atom stereocenters. The van der Waals surface area contributed by atoms with Crippen LogP contribution < -0.4 is 5.32 Å². The average Bonchev–Trinajstić information content (AvgIpc) is 2.71. The minimum Gasteiger partial charge on any atom is -0.457 e. The van der Waals surface area contributed by atoms with Gasteiger partial charge in [0.1, 0.15) is 0 Å². The second-order valence-corrected chi connectivity index (χ2v) is 3.98. The van der Waals surface area contributed by atoms with Gasteiger partial charge in [0.2, 0.25) is 0 Å². The summed E-state index contributed by atoms with van der Waals surface area (Å²) in [7, 11) is 0. The van der Waals surface area contributed by atoms with E-state index in [1.165, 1.54) is 5.56 Å². The molecule has 1 aliphatic heterocycles. The third-order valence-electron chi connectivity index (χ3n) is 2.15. The molecule has 1 aromatic rings. The molecule has 1 aromatic heterocycles. The molecule has 0 aromatic carbocycles. The van der Waals surface area contributed by atoms with Crippen molar-refractivity contribution in [3.05, 3.63) is 22.6 Å². The number of rotatable bonds is 3. The third kappa shape index (κ3) is 2.56. The number of furan rings is 1. The maximum atomic E-state index is 5.26. The summed E-state index contributed by atoms with van der Waals surface area (Å²) < 4.78 is 11.2. The van der Waals surface area contributed by atoms with Gasteiger partial charge in [-0.2, -0.15) is 0 Å². The summed E-state index contributed by atoms with van der Waals surface area (Å²) >= 11 is 3.27. The van der Waals surface area contributed by atoms with Crippen molar-refractivity contribution in [1.82, 2.24) is 5.32 Å². The first-order valence-electron chi connectivity index (χ1n) is 4.38. The lowest BCUT2D eigenvalue weighted by atomic mass is 10.2. The Kier molecular flexibility index (Phi) is 3.03. The van der Waals surface area contributed by atoms with Crippen molar-refractivity contribution >= 4 is 15.9 Å². The molecule has 0 bridgehead atoms. The van der Waals surface area contributed by atoms with Crippen LogP contribution in [0.15, 0.2) is 21.4 Å². The van der Waals surface area contributed by atoms with Crippen molar-refractivity contribution in [2.45, 2.75) is 19.0 Å². The largest absolute Gasteiger partial charge is 0.457 e. The number of halogens is 1. The quantitative estimate of drug-likeness (QED) is 0.884. The molecule has 1 unspecified atom stereocenters. The molecule has 2 rings (SSSR count). The van der Waals surface area contributed by atoms with E-state index in [2.05, 4.69) is 21.2 Å². The second-order valence-electron chi connectivity index (χ2n) is 3.20. The van der Waals surface area contributed by atoms with E-state index in [0.717, 1.165) is 30.8 Å². The molecule has 0 amide bonds. The highest BCUT2D eigenvalue weighted by atomic mass is 79.9. The van der Waals surface area contributed by atoms with E-state index >= 15 is 0 Å². The lowest BCUT2D eigenvalue weighted by Crippen LogP contribution is -2.28. The molecule has 1 N–H and O–H groups in total. The van der Waals surface area contributed by atoms with Crippen molar-refractivity contribution in [2.24, 2.45) is 0 Å². The van der Waals surface area contributed by atoms with E-state index in [9.17, 15) is 0 Å². The van der Waals surface area contributed by atoms with Gasteiger partial charge in [0.25, 0.3) is 0 Å². The first-order valence-corrected chi connectivity index (χ1v) is 5.18. The summed E-state index contributed by atoms with van der Waals surface area (Å²) in [4.78, 5) is 0. The highest BCUT2D eigenvalue weighted by molar-refractivity contribution is 9.10. The molecular weight excluding hydrogens is 234 g/mol. The lowest BCUT2D eigenvalue weighted by molar-refractivity contribution is 0.190. The number of hydrogen-bond donors (Lipinski definition) is 1. The fraction of sp³-hybridized carbons (Fsp3) is 0.556. The van der Waals surface area contributed by atoms with Crippen LogP contribution in [-0.2, 0) is 11.3 Å². The van der Waals surface area contributed by atoms with Crippen LogP contribution >= 0.6 is 15.9 Å². The zero-order chi connectivity index (χ0) is 9.10. The van der Waals surface area contributed by atoms with Crippen molar-refractivity contribution in [3.8, 4) is 0 Å². The Morgan fingerprint density at radius 3 is 3.15 bits per heavy atom. The Balaban J connectivity index is 1.78. The van der Waals surface area contributed by atoms with E-state index in [4.69, 9.17) is 9.15 Å². The zero-order valence-electron chi connectivity index (χ0n) is 7.25. The fourth-order valence-electron chi connectivity index (χ4n) is 1.40. The molecule has 0 spiro atoms. The molecule has 1 saturated heterocycles. The predicted molar refractivity (Wildman–Crippen MR) is 52.5 cm³/mol. The van der Waals surface area contributed by atoms with Crippen molar-refractivity contribution in [2.75, 3.05) is 13.2 Å². The van der Waals surface area contributed by atoms with E-state index in [1.54, 1.807) is 6.26 Å². The van der Waals surface area contributed by atoms with E-state index in [-0.39, 0.29) is 0 Å². The minimum atomic E-state index is 0.508. The summed E-state index contributed by atoms with van der Waals surface area (Å²) in [6.45, 7) is 2.56. The highest BCUT2D eigenvalue weighted by Gasteiger charge is 2.14. The van der Waals surface area contributed by atoms with Crippen molar-refractivity contribution in [1.29, 1.82) is 0 Å². The highest BCUT2D eigenvalue weighted by Crippen LogP contribution is 2.14. The van der Waals surface area contributed by atoms with Gasteiger partial charge in [-0.3, -0.25) is 0 Å². The Morgan fingerprint density at radius 1 is 1.62 bits per heavy atom. The second kappa shape index (κ2) is 4.26. The van der Waals surface area contributed by atoms with Gasteiger partial charge in [-0.05, 0) is 28.4 Å². The first kappa shape index (κ1) is 9.24. The Bertz CT molecular complexity index is 268. The van der Waals surface area contributed by atoms with Gasteiger partial charge < -0.3 is 14.5 Å². The molecule has 2 heterocycles. The lowest BCUT2D eigenvalue weighted by Gasteiger charge is -2.07. The van der Waals surface area contributed by atoms with Gasteiger partial charge in [0.05, 0.1) is 12.9 Å². The first-order chi connectivity index (χ1) is 6.34. The van der Waals surface area contributed by atoms with Gasteiger partial charge in [-0.15, -0.1) is 0 Å². The molecule has 4 heteroatoms. The molecule has 72 valence electrons. The van der Waals surface area contributed by atoms with Gasteiger partial charge >= 0.3 is 0 Å². The molecule has 0 radical (unpaired) electrons. The van der Waals surface area contributed by atoms with Crippen LogP contribution in [0.1, 0.15) is 12.0 Å². The normalized spacial score (nSPS) is 22.4. The molecule has 1 aliphatic rings. The molecule has 3 nitrogen and oxygen atoms in total. The summed E-state index contributed by atoms with van der Waals surface area (Å²) in [6, 6.07) is 2.48. The summed E-state index contributed by atoms with van der Waals surface area (Å²) in [5, 5.41) is 3.41. The van der Waals surface area contributed by atoms with E-state index < -0.39 is 0 Å². The predicted octanol–water partition coefficient (Wildman–Crippen LogP) is 1.92. The Labute approximate surface area is 85.6 Å². The van der Waals surface area contributed by atoms with Crippen LogP contribution in [0.5, 0.6) is 0 Å². The standard InChI is InChI=1S/C9H12BrNO2/c10-9-3-7(5-13-9)4-11-8-1-2-12-6-8/h3,5,8,11H,1-2,4,6H2. The third-order valence-corrected chi connectivity index (χ3v) is 2.56. The van der Waals surface area contributed by atoms with Crippen LogP contribution in [0.2, 0.25) is 0 Å². The molecule has 1 fully saturated rings. The van der Waals surface area contributed by atoms with Crippen LogP contribution in [-0.4, -0.2) is 19.3 Å². The van der Waals surface area contributed by atoms with Gasteiger partial charge in [0, 0.05) is 24.8 Å². The molecule has 13 heavy (non-hydrogen) atoms. The average molecular weight is 246 g/mol. The van der Waals surface area contributed by atoms with E-state index in [1.807, 2.05) is 6.07 Å². The Morgan fingerprint density at radius 2 is 2.54 bits per heavy atom. The van der Waals surface area contributed by atoms with Crippen LogP contribution in [0.4, 0.5) is 0 Å². The molecule has 0 saturated carbocycles. The monoisotopic (exact) mass is 245 g/mol. The van der Waals surface area contributed by atoms with Gasteiger partial charge in [-0.1, -0.05) is 0 Å². The van der Waals surface area contributed by atoms with Crippen LogP contribution in [0.3, 0.4) is 0 Å². The molecule has 0 aliphatic carbocycles. The van der Waals surface area contributed by atoms with Crippen molar-refractivity contribution in [3.63, 3.8) is 0 Å². The summed E-state index contributed by atoms with van der Waals surface area (Å²) in [5.74, 6) is 0. The topological polar surface area (TPSA) is 34.4 Å². The Hall–Kier alpha value is -0.320.